The first kappa shape index (κ1) is 17.9. The van der Waals surface area contributed by atoms with Gasteiger partial charge in [0.05, 0.1) is 5.69 Å². The number of imidazole rings is 1. The molecule has 0 amide bonds. The Bertz CT molecular complexity index is 913. The summed E-state index contributed by atoms with van der Waals surface area (Å²) >= 11 is 0. The normalized spacial score (nSPS) is 12.1. The van der Waals surface area contributed by atoms with Crippen LogP contribution in [0.1, 0.15) is 46.6 Å². The number of hydrogen-bond acceptors (Lipinski definition) is 2. The Kier molecular flexibility index (Phi) is 5.21. The van der Waals surface area contributed by atoms with E-state index in [2.05, 4.69) is 43.1 Å². The summed E-state index contributed by atoms with van der Waals surface area (Å²) in [6, 6.07) is 16.3. The Hall–Kier alpha value is -2.88. The highest BCUT2D eigenvalue weighted by molar-refractivity contribution is 5.69. The predicted molar refractivity (Wildman–Crippen MR) is 103 cm³/mol. The van der Waals surface area contributed by atoms with Crippen LogP contribution in [0.15, 0.2) is 54.7 Å². The summed E-state index contributed by atoms with van der Waals surface area (Å²) in [5.41, 5.74) is 5.54. The van der Waals surface area contributed by atoms with Crippen molar-refractivity contribution >= 4 is 6.09 Å². The first-order valence-electron chi connectivity index (χ1n) is 8.89. The zero-order chi connectivity index (χ0) is 18.7. The maximum absolute atomic E-state index is 11.7. The number of carbonyl (C=O) groups is 1. The Morgan fingerprint density at radius 3 is 2.50 bits per heavy atom. The predicted octanol–water partition coefficient (Wildman–Crippen LogP) is 4.96. The Labute approximate surface area is 154 Å². The molecule has 1 aromatic heterocycles. The van der Waals surface area contributed by atoms with E-state index in [4.69, 9.17) is 0 Å². The van der Waals surface area contributed by atoms with Crippen molar-refractivity contribution in [3.63, 3.8) is 0 Å². The van der Waals surface area contributed by atoms with Gasteiger partial charge in [-0.25, -0.2) is 14.3 Å². The molecule has 0 aliphatic carbocycles. The fourth-order valence-corrected chi connectivity index (χ4v) is 3.32. The minimum absolute atomic E-state index is 0.0866. The van der Waals surface area contributed by atoms with Gasteiger partial charge in [0, 0.05) is 12.1 Å². The minimum Gasteiger partial charge on any atom is -0.464 e. The molecule has 0 saturated carbocycles. The Morgan fingerprint density at radius 2 is 1.81 bits per heavy atom. The largest absolute Gasteiger partial charge is 0.464 e. The molecular formula is C22H24N2O2. The first-order valence-corrected chi connectivity index (χ1v) is 8.89. The van der Waals surface area contributed by atoms with Gasteiger partial charge < -0.3 is 5.11 Å². The average molecular weight is 348 g/mol. The third-order valence-corrected chi connectivity index (χ3v) is 5.00. The monoisotopic (exact) mass is 348 g/mol. The van der Waals surface area contributed by atoms with Crippen molar-refractivity contribution in [1.29, 1.82) is 0 Å². The number of aryl methyl sites for hydroxylation is 3. The number of nitrogens with zero attached hydrogens (tertiary/aromatic N) is 2. The minimum atomic E-state index is -0.990. The summed E-state index contributed by atoms with van der Waals surface area (Å²) in [6.07, 6.45) is 2.23. The summed E-state index contributed by atoms with van der Waals surface area (Å²) in [5.74, 6) is 0.491. The van der Waals surface area contributed by atoms with Crippen LogP contribution >= 0.6 is 0 Å². The second kappa shape index (κ2) is 7.56. The fourth-order valence-electron chi connectivity index (χ4n) is 3.32. The lowest BCUT2D eigenvalue weighted by atomic mass is 9.93. The van der Waals surface area contributed by atoms with Crippen LogP contribution in [-0.2, 0) is 12.8 Å². The summed E-state index contributed by atoms with van der Waals surface area (Å²) in [7, 11) is 0. The van der Waals surface area contributed by atoms with Gasteiger partial charge in [0.25, 0.3) is 0 Å². The molecule has 0 radical (unpaired) electrons. The van der Waals surface area contributed by atoms with Crippen LogP contribution in [0.4, 0.5) is 4.79 Å². The van der Waals surface area contributed by atoms with Crippen molar-refractivity contribution < 1.29 is 9.90 Å². The SMILES string of the molecule is Cc1cccc([C@H](C)c2nc(CCc3ccccc3)cn2C(=O)O)c1C. The van der Waals surface area contributed by atoms with Crippen LogP contribution in [0.2, 0.25) is 0 Å². The van der Waals surface area contributed by atoms with Crippen LogP contribution in [0, 0.1) is 13.8 Å². The molecule has 1 N–H and O–H groups in total. The van der Waals surface area contributed by atoms with Gasteiger partial charge in [-0.05, 0) is 48.9 Å². The molecule has 134 valence electrons. The highest BCUT2D eigenvalue weighted by Gasteiger charge is 2.21. The van der Waals surface area contributed by atoms with Crippen molar-refractivity contribution in [2.24, 2.45) is 0 Å². The topological polar surface area (TPSA) is 55.1 Å². The van der Waals surface area contributed by atoms with Gasteiger partial charge in [0.1, 0.15) is 5.82 Å². The number of carboxylic acid groups (broad SMARTS) is 1. The van der Waals surface area contributed by atoms with Gasteiger partial charge >= 0.3 is 6.09 Å². The molecule has 4 nitrogen and oxygen atoms in total. The van der Waals surface area contributed by atoms with Gasteiger partial charge in [0.2, 0.25) is 0 Å². The highest BCUT2D eigenvalue weighted by atomic mass is 16.4. The van der Waals surface area contributed by atoms with E-state index in [9.17, 15) is 9.90 Å². The first-order chi connectivity index (χ1) is 12.5. The summed E-state index contributed by atoms with van der Waals surface area (Å²) in [4.78, 5) is 16.4. The fraction of sp³-hybridized carbons (Fsp3) is 0.273. The van der Waals surface area contributed by atoms with Gasteiger partial charge in [-0.15, -0.1) is 0 Å². The second-order valence-electron chi connectivity index (χ2n) is 6.74. The Balaban J connectivity index is 1.90. The van der Waals surface area contributed by atoms with E-state index < -0.39 is 6.09 Å². The van der Waals surface area contributed by atoms with Gasteiger partial charge in [-0.3, -0.25) is 0 Å². The Morgan fingerprint density at radius 1 is 1.08 bits per heavy atom. The van der Waals surface area contributed by atoms with Crippen molar-refractivity contribution in [3.05, 3.63) is 88.5 Å². The molecule has 3 aromatic rings. The van der Waals surface area contributed by atoms with E-state index in [0.717, 1.165) is 24.1 Å². The maximum atomic E-state index is 11.7. The van der Waals surface area contributed by atoms with E-state index in [-0.39, 0.29) is 5.92 Å². The lowest BCUT2D eigenvalue weighted by Crippen LogP contribution is -2.14. The van der Waals surface area contributed by atoms with E-state index in [1.807, 2.05) is 31.2 Å². The second-order valence-corrected chi connectivity index (χ2v) is 6.74. The molecule has 0 spiro atoms. The standard InChI is InChI=1S/C22H24N2O2/c1-15-8-7-11-20(16(15)2)17(3)21-23-19(14-24(21)22(25)26)13-12-18-9-5-4-6-10-18/h4-11,14,17H,12-13H2,1-3H3,(H,25,26)/t17-/m0/s1. The van der Waals surface area contributed by atoms with Crippen LogP contribution in [0.3, 0.4) is 0 Å². The highest BCUT2D eigenvalue weighted by Crippen LogP contribution is 2.28. The summed E-state index contributed by atoms with van der Waals surface area (Å²) in [6.45, 7) is 6.16. The number of benzene rings is 2. The lowest BCUT2D eigenvalue weighted by Gasteiger charge is -2.16. The average Bonchev–Trinajstić information content (AvgIpc) is 3.07. The molecule has 0 aliphatic heterocycles. The molecule has 2 aromatic carbocycles. The van der Waals surface area contributed by atoms with E-state index in [0.29, 0.717) is 5.82 Å². The molecule has 0 bridgehead atoms. The number of rotatable bonds is 5. The summed E-state index contributed by atoms with van der Waals surface area (Å²) in [5, 5.41) is 9.61. The van der Waals surface area contributed by atoms with Crippen molar-refractivity contribution in [2.75, 3.05) is 0 Å². The lowest BCUT2D eigenvalue weighted by molar-refractivity contribution is 0.195. The smallest absolute Gasteiger partial charge is 0.417 e. The molecule has 26 heavy (non-hydrogen) atoms. The van der Waals surface area contributed by atoms with Gasteiger partial charge in [0.15, 0.2) is 0 Å². The molecule has 0 unspecified atom stereocenters. The third-order valence-electron chi connectivity index (χ3n) is 5.00. The van der Waals surface area contributed by atoms with Crippen LogP contribution in [-0.4, -0.2) is 20.8 Å². The van der Waals surface area contributed by atoms with Crippen LogP contribution < -0.4 is 0 Å². The molecule has 1 atom stereocenters. The third kappa shape index (κ3) is 3.69. The molecule has 0 aliphatic rings. The van der Waals surface area contributed by atoms with E-state index in [1.165, 1.54) is 21.3 Å². The molecule has 4 heteroatoms. The number of aromatic nitrogens is 2. The van der Waals surface area contributed by atoms with Gasteiger partial charge in [-0.2, -0.15) is 0 Å². The van der Waals surface area contributed by atoms with Crippen molar-refractivity contribution in [3.8, 4) is 0 Å². The van der Waals surface area contributed by atoms with E-state index >= 15 is 0 Å². The number of hydrogen-bond donors (Lipinski definition) is 1. The quantitative estimate of drug-likeness (QED) is 0.709. The zero-order valence-corrected chi connectivity index (χ0v) is 15.4. The van der Waals surface area contributed by atoms with Crippen LogP contribution in [0.25, 0.3) is 0 Å². The summed E-state index contributed by atoms with van der Waals surface area (Å²) < 4.78 is 1.27. The molecule has 0 saturated heterocycles. The maximum Gasteiger partial charge on any atom is 0.417 e. The van der Waals surface area contributed by atoms with Gasteiger partial charge in [-0.1, -0.05) is 55.5 Å². The van der Waals surface area contributed by atoms with Crippen LogP contribution in [0.5, 0.6) is 0 Å². The molecule has 0 fully saturated rings. The van der Waals surface area contributed by atoms with E-state index in [1.54, 1.807) is 6.20 Å². The molecule has 1 heterocycles. The molecular weight excluding hydrogens is 324 g/mol. The zero-order valence-electron chi connectivity index (χ0n) is 15.4. The molecule has 3 rings (SSSR count). The van der Waals surface area contributed by atoms with Crippen molar-refractivity contribution in [1.82, 2.24) is 9.55 Å². The van der Waals surface area contributed by atoms with Crippen molar-refractivity contribution in [2.45, 2.75) is 39.5 Å².